The lowest BCUT2D eigenvalue weighted by Gasteiger charge is -2.18. The van der Waals surface area contributed by atoms with Crippen LogP contribution in [0.5, 0.6) is 11.5 Å². The SMILES string of the molecule is COc1cccc(O[C@H](Cc2c(C)cccc2C)C(=O)O)c1. The first kappa shape index (κ1) is 15.9. The van der Waals surface area contributed by atoms with Crippen molar-refractivity contribution in [2.24, 2.45) is 0 Å². The summed E-state index contributed by atoms with van der Waals surface area (Å²) < 4.78 is 10.8. The van der Waals surface area contributed by atoms with E-state index in [2.05, 4.69) is 0 Å². The molecule has 0 bridgehead atoms. The molecule has 0 radical (unpaired) electrons. The number of aliphatic carboxylic acids is 1. The van der Waals surface area contributed by atoms with Crippen LogP contribution < -0.4 is 9.47 Å². The van der Waals surface area contributed by atoms with Crippen LogP contribution in [0, 0.1) is 13.8 Å². The van der Waals surface area contributed by atoms with Crippen LogP contribution in [-0.2, 0) is 11.2 Å². The van der Waals surface area contributed by atoms with E-state index in [1.165, 1.54) is 0 Å². The molecule has 0 unspecified atom stereocenters. The second-order valence-electron chi connectivity index (χ2n) is 5.20. The number of aryl methyl sites for hydroxylation is 2. The van der Waals surface area contributed by atoms with Crippen molar-refractivity contribution in [3.05, 3.63) is 59.2 Å². The molecule has 4 heteroatoms. The van der Waals surface area contributed by atoms with Crippen LogP contribution in [-0.4, -0.2) is 24.3 Å². The van der Waals surface area contributed by atoms with E-state index in [0.29, 0.717) is 17.9 Å². The van der Waals surface area contributed by atoms with Gasteiger partial charge in [-0.2, -0.15) is 0 Å². The van der Waals surface area contributed by atoms with Crippen molar-refractivity contribution in [2.75, 3.05) is 7.11 Å². The van der Waals surface area contributed by atoms with E-state index in [4.69, 9.17) is 9.47 Å². The maximum absolute atomic E-state index is 11.5. The molecule has 1 atom stereocenters. The Hall–Kier alpha value is -2.49. The molecule has 0 heterocycles. The maximum Gasteiger partial charge on any atom is 0.345 e. The highest BCUT2D eigenvalue weighted by atomic mass is 16.5. The quantitative estimate of drug-likeness (QED) is 0.888. The summed E-state index contributed by atoms with van der Waals surface area (Å²) in [6, 6.07) is 12.9. The molecule has 22 heavy (non-hydrogen) atoms. The molecule has 1 N–H and O–H groups in total. The van der Waals surface area contributed by atoms with Gasteiger partial charge in [0.25, 0.3) is 0 Å². The third kappa shape index (κ3) is 3.79. The smallest absolute Gasteiger partial charge is 0.345 e. The minimum Gasteiger partial charge on any atom is -0.497 e. The highest BCUT2D eigenvalue weighted by Gasteiger charge is 2.22. The van der Waals surface area contributed by atoms with E-state index < -0.39 is 12.1 Å². The number of ether oxygens (including phenoxy) is 2. The standard InChI is InChI=1S/C18H20O4/c1-12-6-4-7-13(2)16(12)11-17(18(19)20)22-15-9-5-8-14(10-15)21-3/h4-10,17H,11H2,1-3H3,(H,19,20)/t17-/m1/s1. The van der Waals surface area contributed by atoms with Crippen LogP contribution in [0.2, 0.25) is 0 Å². The Kier molecular flexibility index (Phi) is 5.04. The maximum atomic E-state index is 11.5. The van der Waals surface area contributed by atoms with Crippen molar-refractivity contribution >= 4 is 5.97 Å². The van der Waals surface area contributed by atoms with Crippen LogP contribution in [0.3, 0.4) is 0 Å². The first-order valence-corrected chi connectivity index (χ1v) is 7.10. The second-order valence-corrected chi connectivity index (χ2v) is 5.20. The molecule has 4 nitrogen and oxygen atoms in total. The predicted molar refractivity (Wildman–Crippen MR) is 84.7 cm³/mol. The Morgan fingerprint density at radius 2 is 1.68 bits per heavy atom. The molecule has 0 saturated carbocycles. The minimum atomic E-state index is -0.981. The summed E-state index contributed by atoms with van der Waals surface area (Å²) in [4.78, 5) is 11.5. The van der Waals surface area contributed by atoms with Crippen LogP contribution in [0.1, 0.15) is 16.7 Å². The fourth-order valence-electron chi connectivity index (χ4n) is 2.37. The van der Waals surface area contributed by atoms with Crippen molar-refractivity contribution in [2.45, 2.75) is 26.4 Å². The molecular weight excluding hydrogens is 280 g/mol. The monoisotopic (exact) mass is 300 g/mol. The molecule has 2 aromatic carbocycles. The van der Waals surface area contributed by atoms with Crippen molar-refractivity contribution in [3.8, 4) is 11.5 Å². The summed E-state index contributed by atoms with van der Waals surface area (Å²) >= 11 is 0. The number of carboxylic acids is 1. The second kappa shape index (κ2) is 6.98. The minimum absolute atomic E-state index is 0.324. The zero-order chi connectivity index (χ0) is 16.1. The van der Waals surface area contributed by atoms with Crippen LogP contribution in [0.4, 0.5) is 0 Å². The van der Waals surface area contributed by atoms with Crippen molar-refractivity contribution in [1.29, 1.82) is 0 Å². The van der Waals surface area contributed by atoms with E-state index in [0.717, 1.165) is 16.7 Å². The zero-order valence-electron chi connectivity index (χ0n) is 13.0. The summed E-state index contributed by atoms with van der Waals surface area (Å²) in [6.45, 7) is 3.96. The van der Waals surface area contributed by atoms with E-state index in [-0.39, 0.29) is 0 Å². The molecule has 0 spiro atoms. The van der Waals surface area contributed by atoms with Gasteiger partial charge in [0.1, 0.15) is 11.5 Å². The molecule has 2 aromatic rings. The fourth-order valence-corrected chi connectivity index (χ4v) is 2.37. The van der Waals surface area contributed by atoms with E-state index in [9.17, 15) is 9.90 Å². The summed E-state index contributed by atoms with van der Waals surface area (Å²) in [5.74, 6) is 0.136. The number of methoxy groups -OCH3 is 1. The number of benzene rings is 2. The van der Waals surface area contributed by atoms with Gasteiger partial charge < -0.3 is 14.6 Å². The lowest BCUT2D eigenvalue weighted by Crippen LogP contribution is -2.30. The highest BCUT2D eigenvalue weighted by molar-refractivity contribution is 5.73. The Balaban J connectivity index is 2.22. The molecule has 0 aliphatic heterocycles. The van der Waals surface area contributed by atoms with Crippen molar-refractivity contribution < 1.29 is 19.4 Å². The van der Waals surface area contributed by atoms with Gasteiger partial charge in [-0.05, 0) is 42.7 Å². The molecule has 0 amide bonds. The van der Waals surface area contributed by atoms with Gasteiger partial charge in [-0.3, -0.25) is 0 Å². The van der Waals surface area contributed by atoms with Crippen LogP contribution in [0.25, 0.3) is 0 Å². The predicted octanol–water partition coefficient (Wildman–Crippen LogP) is 3.39. The Labute approximate surface area is 130 Å². The van der Waals surface area contributed by atoms with Gasteiger partial charge in [0, 0.05) is 12.5 Å². The van der Waals surface area contributed by atoms with Gasteiger partial charge >= 0.3 is 5.97 Å². The Morgan fingerprint density at radius 3 is 2.27 bits per heavy atom. The van der Waals surface area contributed by atoms with Gasteiger partial charge in [-0.15, -0.1) is 0 Å². The van der Waals surface area contributed by atoms with Gasteiger partial charge in [0.15, 0.2) is 6.10 Å². The van der Waals surface area contributed by atoms with E-state index >= 15 is 0 Å². The Bertz CT molecular complexity index is 644. The van der Waals surface area contributed by atoms with Gasteiger partial charge in [0.05, 0.1) is 7.11 Å². The fraction of sp³-hybridized carbons (Fsp3) is 0.278. The lowest BCUT2D eigenvalue weighted by atomic mass is 9.97. The molecule has 2 rings (SSSR count). The molecule has 0 aromatic heterocycles. The van der Waals surface area contributed by atoms with Crippen LogP contribution in [0.15, 0.2) is 42.5 Å². The first-order chi connectivity index (χ1) is 10.5. The molecule has 0 fully saturated rings. The third-order valence-corrected chi connectivity index (χ3v) is 3.63. The lowest BCUT2D eigenvalue weighted by molar-refractivity contribution is -0.145. The average molecular weight is 300 g/mol. The molecule has 116 valence electrons. The number of carboxylic acid groups (broad SMARTS) is 1. The third-order valence-electron chi connectivity index (χ3n) is 3.63. The average Bonchev–Trinajstić information content (AvgIpc) is 2.50. The molecule has 0 saturated heterocycles. The normalized spacial score (nSPS) is 11.8. The summed E-state index contributed by atoms with van der Waals surface area (Å²) in [7, 11) is 1.56. The van der Waals surface area contributed by atoms with Gasteiger partial charge in [-0.1, -0.05) is 24.3 Å². The molecule has 0 aliphatic rings. The summed E-state index contributed by atoms with van der Waals surface area (Å²) in [5, 5.41) is 9.45. The van der Waals surface area contributed by atoms with Crippen molar-refractivity contribution in [1.82, 2.24) is 0 Å². The number of rotatable bonds is 6. The molecular formula is C18H20O4. The number of hydrogen-bond donors (Lipinski definition) is 1. The first-order valence-electron chi connectivity index (χ1n) is 7.10. The molecule has 0 aliphatic carbocycles. The topological polar surface area (TPSA) is 55.8 Å². The number of hydrogen-bond acceptors (Lipinski definition) is 3. The van der Waals surface area contributed by atoms with Gasteiger partial charge in [-0.25, -0.2) is 4.79 Å². The summed E-state index contributed by atoms with van der Waals surface area (Å²) in [6.07, 6.45) is -0.614. The zero-order valence-corrected chi connectivity index (χ0v) is 13.0. The Morgan fingerprint density at radius 1 is 1.09 bits per heavy atom. The van der Waals surface area contributed by atoms with E-state index in [1.54, 1.807) is 31.4 Å². The highest BCUT2D eigenvalue weighted by Crippen LogP contribution is 2.22. The van der Waals surface area contributed by atoms with Crippen LogP contribution >= 0.6 is 0 Å². The largest absolute Gasteiger partial charge is 0.497 e. The number of carbonyl (C=O) groups is 1. The van der Waals surface area contributed by atoms with Crippen molar-refractivity contribution in [3.63, 3.8) is 0 Å². The van der Waals surface area contributed by atoms with Gasteiger partial charge in [0.2, 0.25) is 0 Å². The van der Waals surface area contributed by atoms with E-state index in [1.807, 2.05) is 32.0 Å². The summed E-state index contributed by atoms with van der Waals surface area (Å²) in [5.41, 5.74) is 3.15.